The fraction of sp³-hybridized carbons (Fsp3) is 0.533. The first kappa shape index (κ1) is 23.5. The van der Waals surface area contributed by atoms with Crippen molar-refractivity contribution in [2.24, 2.45) is 5.41 Å². The van der Waals surface area contributed by atoms with Crippen LogP contribution in [0.3, 0.4) is 0 Å². The highest BCUT2D eigenvalue weighted by atomic mass is 19.1. The molecule has 3 fully saturated rings. The average molecular weight is 443 g/mol. The maximum Gasteiger partial charge on any atom is 0.127 e. The zero-order chi connectivity index (χ0) is 23.5. The molecule has 0 spiro atoms. The van der Waals surface area contributed by atoms with Crippen molar-refractivity contribution in [2.45, 2.75) is 96.3 Å². The quantitative estimate of drug-likeness (QED) is 0.386. The molecule has 0 atom stereocenters. The van der Waals surface area contributed by atoms with Gasteiger partial charge in [0, 0.05) is 5.56 Å². The summed E-state index contributed by atoms with van der Waals surface area (Å²) in [6, 6.07) is 13.9. The van der Waals surface area contributed by atoms with E-state index < -0.39 is 0 Å². The van der Waals surface area contributed by atoms with Crippen LogP contribution in [0.2, 0.25) is 0 Å². The van der Waals surface area contributed by atoms with Gasteiger partial charge in [-0.15, -0.1) is 0 Å². The van der Waals surface area contributed by atoms with Crippen LogP contribution >= 0.6 is 0 Å². The first-order chi connectivity index (χ1) is 16.0. The molecule has 0 heterocycles. The van der Waals surface area contributed by atoms with Gasteiger partial charge in [0.15, 0.2) is 0 Å². The molecule has 33 heavy (non-hydrogen) atoms. The molecule has 0 radical (unpaired) electrons. The summed E-state index contributed by atoms with van der Waals surface area (Å²) in [7, 11) is 0. The number of unbranched alkanes of at least 4 members (excludes halogenated alkanes) is 2. The van der Waals surface area contributed by atoms with Crippen LogP contribution in [0.25, 0.3) is 11.1 Å². The Morgan fingerprint density at radius 1 is 0.848 bits per heavy atom. The van der Waals surface area contributed by atoms with E-state index in [2.05, 4.69) is 25.1 Å². The number of rotatable bonds is 8. The highest BCUT2D eigenvalue weighted by molar-refractivity contribution is 5.75. The van der Waals surface area contributed by atoms with Gasteiger partial charge in [-0.2, -0.15) is 10.5 Å². The molecule has 0 aliphatic heterocycles. The minimum atomic E-state index is -0.238. The highest BCUT2D eigenvalue weighted by Gasteiger charge is 2.49. The van der Waals surface area contributed by atoms with Gasteiger partial charge in [0.25, 0.3) is 0 Å². The molecule has 2 aromatic carbocycles. The number of halogens is 1. The molecule has 0 saturated heterocycles. The predicted molar refractivity (Wildman–Crippen MR) is 131 cm³/mol. The SMILES string of the molecule is CCCCCC12CCC(c3ccc(-c4ccc(CCC)c(F)c4)c(C#N)c3C#N)(CC1)CC2. The summed E-state index contributed by atoms with van der Waals surface area (Å²) in [5.74, 6) is -0.238. The molecule has 0 N–H and O–H groups in total. The van der Waals surface area contributed by atoms with Crippen molar-refractivity contribution in [1.82, 2.24) is 0 Å². The molecule has 3 aliphatic carbocycles. The van der Waals surface area contributed by atoms with Gasteiger partial charge in [-0.1, -0.05) is 63.8 Å². The third-order valence-corrected chi connectivity index (χ3v) is 8.60. The summed E-state index contributed by atoms with van der Waals surface area (Å²) >= 11 is 0. The lowest BCUT2D eigenvalue weighted by Crippen LogP contribution is -2.44. The average Bonchev–Trinajstić information content (AvgIpc) is 2.85. The third-order valence-electron chi connectivity index (χ3n) is 8.60. The number of hydrogen-bond acceptors (Lipinski definition) is 2. The standard InChI is InChI=1S/C30H35FN2/c1-3-5-6-12-29-13-16-30(17-14-29,18-15-29)27-11-10-24(25(20-32)26(27)21-33)23-9-8-22(7-4-2)28(31)19-23/h8-11,19H,3-7,12-18H2,1-2H3. The lowest BCUT2D eigenvalue weighted by atomic mass is 9.50. The maximum atomic E-state index is 14.6. The Morgan fingerprint density at radius 3 is 2.12 bits per heavy atom. The van der Waals surface area contributed by atoms with Crippen molar-refractivity contribution in [1.29, 1.82) is 10.5 Å². The second-order valence-corrected chi connectivity index (χ2v) is 10.4. The van der Waals surface area contributed by atoms with Crippen molar-refractivity contribution in [3.8, 4) is 23.3 Å². The third kappa shape index (κ3) is 4.31. The van der Waals surface area contributed by atoms with Crippen molar-refractivity contribution >= 4 is 0 Å². The topological polar surface area (TPSA) is 47.6 Å². The van der Waals surface area contributed by atoms with Gasteiger partial charge in [-0.3, -0.25) is 0 Å². The molecule has 0 unspecified atom stereocenters. The van der Waals surface area contributed by atoms with Gasteiger partial charge in [0.2, 0.25) is 0 Å². The zero-order valence-corrected chi connectivity index (χ0v) is 20.1. The summed E-state index contributed by atoms with van der Waals surface area (Å²) in [6.07, 6.45) is 13.8. The molecular weight excluding hydrogens is 407 g/mol. The lowest BCUT2D eigenvalue weighted by Gasteiger charge is -2.54. The largest absolute Gasteiger partial charge is 0.207 e. The van der Waals surface area contributed by atoms with Crippen LogP contribution in [0.5, 0.6) is 0 Å². The van der Waals surface area contributed by atoms with Gasteiger partial charge >= 0.3 is 0 Å². The van der Waals surface area contributed by atoms with Crippen LogP contribution in [0.4, 0.5) is 4.39 Å². The fourth-order valence-electron chi connectivity index (χ4n) is 6.50. The van der Waals surface area contributed by atoms with Gasteiger partial charge in [-0.25, -0.2) is 4.39 Å². The molecule has 5 rings (SSSR count). The molecule has 3 saturated carbocycles. The molecule has 172 valence electrons. The van der Waals surface area contributed by atoms with E-state index >= 15 is 0 Å². The second-order valence-electron chi connectivity index (χ2n) is 10.4. The monoisotopic (exact) mass is 442 g/mol. The van der Waals surface area contributed by atoms with E-state index in [4.69, 9.17) is 0 Å². The molecular formula is C30H35FN2. The van der Waals surface area contributed by atoms with Crippen molar-refractivity contribution < 1.29 is 4.39 Å². The Hall–Kier alpha value is -2.65. The van der Waals surface area contributed by atoms with Crippen LogP contribution in [0.1, 0.15) is 107 Å². The summed E-state index contributed by atoms with van der Waals surface area (Å²) in [5, 5.41) is 20.2. The summed E-state index contributed by atoms with van der Waals surface area (Å²) in [4.78, 5) is 0. The normalized spacial score (nSPS) is 23.8. The van der Waals surface area contributed by atoms with E-state index in [-0.39, 0.29) is 11.2 Å². The molecule has 2 bridgehead atoms. The van der Waals surface area contributed by atoms with E-state index in [0.717, 1.165) is 31.2 Å². The minimum Gasteiger partial charge on any atom is -0.207 e. The van der Waals surface area contributed by atoms with E-state index in [1.807, 2.05) is 25.1 Å². The Bertz CT molecular complexity index is 1080. The number of fused-ring (bicyclic) bond motifs is 3. The second kappa shape index (κ2) is 9.69. The zero-order valence-electron chi connectivity index (χ0n) is 20.1. The Kier molecular flexibility index (Phi) is 6.90. The summed E-state index contributed by atoms with van der Waals surface area (Å²) in [6.45, 7) is 4.29. The van der Waals surface area contributed by atoms with Crippen molar-refractivity contribution in [2.75, 3.05) is 0 Å². The van der Waals surface area contributed by atoms with Crippen LogP contribution in [0.15, 0.2) is 30.3 Å². The summed E-state index contributed by atoms with van der Waals surface area (Å²) < 4.78 is 14.6. The maximum absolute atomic E-state index is 14.6. The van der Waals surface area contributed by atoms with Crippen LogP contribution in [0, 0.1) is 33.9 Å². The minimum absolute atomic E-state index is 0.0118. The Morgan fingerprint density at radius 2 is 1.55 bits per heavy atom. The number of benzene rings is 2. The van der Waals surface area contributed by atoms with Crippen molar-refractivity contribution in [3.63, 3.8) is 0 Å². The molecule has 0 aromatic heterocycles. The number of nitrogens with zero attached hydrogens (tertiary/aromatic N) is 2. The smallest absolute Gasteiger partial charge is 0.127 e. The Labute approximate surface area is 198 Å². The van der Waals surface area contributed by atoms with E-state index in [0.29, 0.717) is 39.7 Å². The van der Waals surface area contributed by atoms with E-state index in [1.54, 1.807) is 0 Å². The lowest BCUT2D eigenvalue weighted by molar-refractivity contribution is 0.0304. The van der Waals surface area contributed by atoms with Gasteiger partial charge < -0.3 is 0 Å². The Balaban J connectivity index is 1.67. The predicted octanol–water partition coefficient (Wildman–Crippen LogP) is 8.36. The fourth-order valence-corrected chi connectivity index (χ4v) is 6.50. The highest BCUT2D eigenvalue weighted by Crippen LogP contribution is 2.60. The number of nitriles is 2. The first-order valence-electron chi connectivity index (χ1n) is 12.8. The molecule has 0 amide bonds. The molecule has 3 heteroatoms. The van der Waals surface area contributed by atoms with Gasteiger partial charge in [0.1, 0.15) is 18.0 Å². The van der Waals surface area contributed by atoms with E-state index in [9.17, 15) is 14.9 Å². The number of aryl methyl sites for hydroxylation is 1. The van der Waals surface area contributed by atoms with Crippen LogP contribution in [-0.2, 0) is 11.8 Å². The van der Waals surface area contributed by atoms with Crippen LogP contribution in [-0.4, -0.2) is 0 Å². The summed E-state index contributed by atoms with van der Waals surface area (Å²) in [5.41, 5.74) is 4.50. The molecule has 2 nitrogen and oxygen atoms in total. The van der Waals surface area contributed by atoms with Gasteiger partial charge in [0.05, 0.1) is 11.1 Å². The van der Waals surface area contributed by atoms with E-state index in [1.165, 1.54) is 51.0 Å². The van der Waals surface area contributed by atoms with Gasteiger partial charge in [-0.05, 0) is 85.0 Å². The molecule has 3 aliphatic rings. The van der Waals surface area contributed by atoms with Crippen LogP contribution < -0.4 is 0 Å². The van der Waals surface area contributed by atoms with Crippen molar-refractivity contribution in [3.05, 3.63) is 58.4 Å². The number of hydrogen-bond donors (Lipinski definition) is 0. The molecule has 2 aromatic rings. The first-order valence-corrected chi connectivity index (χ1v) is 12.8.